The van der Waals surface area contributed by atoms with Crippen LogP contribution in [0.5, 0.6) is 0 Å². The van der Waals surface area contributed by atoms with Crippen molar-refractivity contribution in [3.63, 3.8) is 0 Å². The van der Waals surface area contributed by atoms with E-state index in [0.29, 0.717) is 5.13 Å². The lowest BCUT2D eigenvalue weighted by molar-refractivity contribution is 0.0166. The second-order valence-electron chi connectivity index (χ2n) is 5.51. The van der Waals surface area contributed by atoms with Crippen molar-refractivity contribution in [2.45, 2.75) is 26.0 Å². The molecular formula is C11H22N6OS. The molecule has 1 aliphatic heterocycles. The van der Waals surface area contributed by atoms with E-state index in [1.54, 1.807) is 0 Å². The minimum Gasteiger partial charge on any atom is -0.389 e. The largest absolute Gasteiger partial charge is 0.389 e. The Balaban J connectivity index is 1.77. The number of aromatic nitrogens is 2. The second kappa shape index (κ2) is 6.10. The highest BCUT2D eigenvalue weighted by atomic mass is 32.1. The van der Waals surface area contributed by atoms with E-state index in [4.69, 9.17) is 5.84 Å². The predicted molar refractivity (Wildman–Crippen MR) is 75.7 cm³/mol. The van der Waals surface area contributed by atoms with Crippen LogP contribution < -0.4 is 11.3 Å². The van der Waals surface area contributed by atoms with Gasteiger partial charge in [0, 0.05) is 32.7 Å². The summed E-state index contributed by atoms with van der Waals surface area (Å²) in [6.45, 7) is 9.16. The van der Waals surface area contributed by atoms with Gasteiger partial charge >= 0.3 is 0 Å². The Morgan fingerprint density at radius 1 is 1.26 bits per heavy atom. The number of nitrogens with two attached hydrogens (primary N) is 1. The fourth-order valence-electron chi connectivity index (χ4n) is 2.22. The quantitative estimate of drug-likeness (QED) is 0.506. The standard InChI is InChI=1S/C11H22N6OS/c1-11(2,18)8-17-5-3-16(4-6-17)7-9-14-15-10(13-12)19-9/h18H,3-8,12H2,1-2H3,(H,13,15). The Bertz CT molecular complexity index is 396. The number of hydrogen-bond donors (Lipinski definition) is 3. The summed E-state index contributed by atoms with van der Waals surface area (Å²) in [4.78, 5) is 4.64. The van der Waals surface area contributed by atoms with Gasteiger partial charge in [-0.2, -0.15) is 0 Å². The number of anilines is 1. The molecule has 19 heavy (non-hydrogen) atoms. The fourth-order valence-corrected chi connectivity index (χ4v) is 2.91. The molecule has 1 aromatic rings. The van der Waals surface area contributed by atoms with Crippen LogP contribution in [0.2, 0.25) is 0 Å². The molecule has 0 aromatic carbocycles. The molecule has 1 aliphatic rings. The zero-order valence-electron chi connectivity index (χ0n) is 11.5. The molecule has 0 aliphatic carbocycles. The first kappa shape index (κ1) is 14.6. The van der Waals surface area contributed by atoms with Gasteiger partial charge in [-0.05, 0) is 13.8 Å². The summed E-state index contributed by atoms with van der Waals surface area (Å²) in [7, 11) is 0. The van der Waals surface area contributed by atoms with Crippen molar-refractivity contribution in [2.24, 2.45) is 5.84 Å². The molecule has 8 heteroatoms. The minimum absolute atomic E-state index is 0.622. The number of hydrogen-bond acceptors (Lipinski definition) is 8. The number of aliphatic hydroxyl groups is 1. The van der Waals surface area contributed by atoms with Crippen molar-refractivity contribution < 1.29 is 5.11 Å². The van der Waals surface area contributed by atoms with Crippen LogP contribution in [0.15, 0.2) is 0 Å². The third-order valence-corrected chi connectivity index (χ3v) is 3.86. The number of nitrogens with one attached hydrogen (secondary N) is 1. The lowest BCUT2D eigenvalue weighted by Gasteiger charge is -2.36. The van der Waals surface area contributed by atoms with Gasteiger partial charge in [-0.15, -0.1) is 10.2 Å². The predicted octanol–water partition coefficient (Wildman–Crippen LogP) is -0.288. The Hall–Kier alpha value is -0.800. The van der Waals surface area contributed by atoms with Gasteiger partial charge in [-0.3, -0.25) is 15.2 Å². The molecule has 0 unspecified atom stereocenters. The molecule has 1 fully saturated rings. The SMILES string of the molecule is CC(C)(O)CN1CCN(Cc2nnc(NN)s2)CC1. The fraction of sp³-hybridized carbons (Fsp3) is 0.818. The Labute approximate surface area is 117 Å². The number of piperazine rings is 1. The first-order valence-corrected chi connectivity index (χ1v) is 7.24. The van der Waals surface area contributed by atoms with Crippen molar-refractivity contribution in [1.82, 2.24) is 20.0 Å². The maximum absolute atomic E-state index is 9.81. The van der Waals surface area contributed by atoms with E-state index in [2.05, 4.69) is 25.4 Å². The van der Waals surface area contributed by atoms with Gasteiger partial charge in [0.2, 0.25) is 5.13 Å². The van der Waals surface area contributed by atoms with E-state index >= 15 is 0 Å². The smallest absolute Gasteiger partial charge is 0.219 e. The lowest BCUT2D eigenvalue weighted by Crippen LogP contribution is -2.50. The maximum Gasteiger partial charge on any atom is 0.219 e. The zero-order valence-corrected chi connectivity index (χ0v) is 12.3. The molecule has 2 rings (SSSR count). The highest BCUT2D eigenvalue weighted by Crippen LogP contribution is 2.17. The van der Waals surface area contributed by atoms with Crippen molar-refractivity contribution in [3.05, 3.63) is 5.01 Å². The molecule has 0 radical (unpaired) electrons. The second-order valence-corrected chi connectivity index (χ2v) is 6.57. The molecule has 0 bridgehead atoms. The van der Waals surface area contributed by atoms with Gasteiger partial charge in [0.25, 0.3) is 0 Å². The van der Waals surface area contributed by atoms with Crippen molar-refractivity contribution in [2.75, 3.05) is 38.1 Å². The number of β-amino-alcohol motifs (C(OH)–C–C–N with tert-alkyl or cyclic N) is 1. The van der Waals surface area contributed by atoms with Crippen LogP contribution >= 0.6 is 11.3 Å². The molecule has 7 nitrogen and oxygen atoms in total. The summed E-state index contributed by atoms with van der Waals surface area (Å²) < 4.78 is 0. The molecule has 1 saturated heterocycles. The van der Waals surface area contributed by atoms with Crippen LogP contribution in [0.25, 0.3) is 0 Å². The van der Waals surface area contributed by atoms with Crippen molar-refractivity contribution >= 4 is 16.5 Å². The minimum atomic E-state index is -0.622. The van der Waals surface area contributed by atoms with E-state index in [-0.39, 0.29) is 0 Å². The van der Waals surface area contributed by atoms with Crippen LogP contribution in [0.4, 0.5) is 5.13 Å². The average Bonchev–Trinajstić information content (AvgIpc) is 2.77. The van der Waals surface area contributed by atoms with Crippen LogP contribution in [0.1, 0.15) is 18.9 Å². The van der Waals surface area contributed by atoms with Gasteiger partial charge in [0.15, 0.2) is 0 Å². The number of hydrazine groups is 1. The van der Waals surface area contributed by atoms with Gasteiger partial charge < -0.3 is 5.11 Å². The Morgan fingerprint density at radius 3 is 2.42 bits per heavy atom. The molecule has 0 atom stereocenters. The normalized spacial score (nSPS) is 18.7. The van der Waals surface area contributed by atoms with Gasteiger partial charge in [-0.25, -0.2) is 5.84 Å². The molecule has 0 saturated carbocycles. The average molecular weight is 286 g/mol. The first-order chi connectivity index (χ1) is 8.96. The number of nitrogens with zero attached hydrogens (tertiary/aromatic N) is 4. The molecule has 0 spiro atoms. The molecule has 0 amide bonds. The van der Waals surface area contributed by atoms with Gasteiger partial charge in [-0.1, -0.05) is 11.3 Å². The third-order valence-electron chi connectivity index (χ3n) is 3.02. The Kier molecular flexibility index (Phi) is 4.69. The topological polar surface area (TPSA) is 90.5 Å². The number of nitrogen functional groups attached to an aromatic ring is 1. The summed E-state index contributed by atoms with van der Waals surface area (Å²) >= 11 is 1.48. The number of rotatable bonds is 5. The van der Waals surface area contributed by atoms with E-state index in [1.807, 2.05) is 13.8 Å². The molecular weight excluding hydrogens is 264 g/mol. The molecule has 4 N–H and O–H groups in total. The zero-order chi connectivity index (χ0) is 13.9. The monoisotopic (exact) mass is 286 g/mol. The van der Waals surface area contributed by atoms with Crippen molar-refractivity contribution in [1.29, 1.82) is 0 Å². The van der Waals surface area contributed by atoms with Crippen LogP contribution in [-0.4, -0.2) is 63.4 Å². The summed E-state index contributed by atoms with van der Waals surface area (Å²) in [5.74, 6) is 5.29. The van der Waals surface area contributed by atoms with Crippen LogP contribution in [-0.2, 0) is 6.54 Å². The van der Waals surface area contributed by atoms with Gasteiger partial charge in [0.05, 0.1) is 12.1 Å². The summed E-state index contributed by atoms with van der Waals surface area (Å²) in [5.41, 5.74) is 1.89. The van der Waals surface area contributed by atoms with Gasteiger partial charge in [0.1, 0.15) is 5.01 Å². The van der Waals surface area contributed by atoms with E-state index in [0.717, 1.165) is 44.3 Å². The lowest BCUT2D eigenvalue weighted by atomic mass is 10.1. The Morgan fingerprint density at radius 2 is 1.89 bits per heavy atom. The molecule has 108 valence electrons. The van der Waals surface area contributed by atoms with E-state index < -0.39 is 5.60 Å². The maximum atomic E-state index is 9.81. The van der Waals surface area contributed by atoms with E-state index in [1.165, 1.54) is 11.3 Å². The first-order valence-electron chi connectivity index (χ1n) is 6.42. The van der Waals surface area contributed by atoms with Crippen LogP contribution in [0.3, 0.4) is 0 Å². The van der Waals surface area contributed by atoms with Crippen molar-refractivity contribution in [3.8, 4) is 0 Å². The summed E-state index contributed by atoms with van der Waals surface area (Å²) in [5, 5.41) is 19.5. The van der Waals surface area contributed by atoms with Crippen LogP contribution in [0, 0.1) is 0 Å². The molecule has 2 heterocycles. The highest BCUT2D eigenvalue weighted by Gasteiger charge is 2.23. The molecule has 1 aromatic heterocycles. The third kappa shape index (κ3) is 4.66. The summed E-state index contributed by atoms with van der Waals surface area (Å²) in [6, 6.07) is 0. The highest BCUT2D eigenvalue weighted by molar-refractivity contribution is 7.15. The van der Waals surface area contributed by atoms with E-state index in [9.17, 15) is 5.11 Å². The summed E-state index contributed by atoms with van der Waals surface area (Å²) in [6.07, 6.45) is 0.